The average molecular weight is 297 g/mol. The SMILES string of the molecule is O=C(CCc1ccc(Cl)cc1)c1ccc(Cl)cc1F. The Morgan fingerprint density at radius 2 is 1.63 bits per heavy atom. The lowest BCUT2D eigenvalue weighted by Crippen LogP contribution is -2.04. The molecule has 0 bridgehead atoms. The number of benzene rings is 2. The summed E-state index contributed by atoms with van der Waals surface area (Å²) in [6, 6.07) is 11.3. The van der Waals surface area contributed by atoms with Crippen molar-refractivity contribution in [2.75, 3.05) is 0 Å². The van der Waals surface area contributed by atoms with E-state index in [1.54, 1.807) is 12.1 Å². The van der Waals surface area contributed by atoms with Gasteiger partial charge in [0.2, 0.25) is 0 Å². The third kappa shape index (κ3) is 3.79. The zero-order chi connectivity index (χ0) is 13.8. The molecule has 4 heteroatoms. The zero-order valence-corrected chi connectivity index (χ0v) is 11.5. The number of hydrogen-bond donors (Lipinski definition) is 0. The lowest BCUT2D eigenvalue weighted by atomic mass is 10.0. The Hall–Kier alpha value is -1.38. The highest BCUT2D eigenvalue weighted by atomic mass is 35.5. The summed E-state index contributed by atoms with van der Waals surface area (Å²) in [6.45, 7) is 0. The molecule has 0 radical (unpaired) electrons. The fourth-order valence-electron chi connectivity index (χ4n) is 1.76. The smallest absolute Gasteiger partial charge is 0.166 e. The van der Waals surface area contributed by atoms with E-state index in [-0.39, 0.29) is 22.8 Å². The van der Waals surface area contributed by atoms with E-state index in [9.17, 15) is 9.18 Å². The Morgan fingerprint density at radius 3 is 2.26 bits per heavy atom. The second-order valence-corrected chi connectivity index (χ2v) is 5.05. The number of Topliss-reactive ketones (excluding diaryl/α,β-unsaturated/α-hetero) is 1. The van der Waals surface area contributed by atoms with Crippen molar-refractivity contribution in [1.29, 1.82) is 0 Å². The van der Waals surface area contributed by atoms with Gasteiger partial charge in [-0.1, -0.05) is 35.3 Å². The molecule has 0 aliphatic heterocycles. The van der Waals surface area contributed by atoms with Gasteiger partial charge in [0.15, 0.2) is 5.78 Å². The highest BCUT2D eigenvalue weighted by Gasteiger charge is 2.11. The van der Waals surface area contributed by atoms with Gasteiger partial charge in [-0.15, -0.1) is 0 Å². The van der Waals surface area contributed by atoms with Crippen LogP contribution in [0.4, 0.5) is 4.39 Å². The second-order valence-electron chi connectivity index (χ2n) is 4.17. The highest BCUT2D eigenvalue weighted by Crippen LogP contribution is 2.17. The molecule has 0 fully saturated rings. The van der Waals surface area contributed by atoms with Crippen molar-refractivity contribution in [2.45, 2.75) is 12.8 Å². The molecular weight excluding hydrogens is 286 g/mol. The molecule has 0 aliphatic carbocycles. The van der Waals surface area contributed by atoms with Gasteiger partial charge in [-0.2, -0.15) is 0 Å². The molecule has 1 nitrogen and oxygen atoms in total. The summed E-state index contributed by atoms with van der Waals surface area (Å²) in [5, 5.41) is 0.936. The number of carbonyl (C=O) groups is 1. The van der Waals surface area contributed by atoms with Crippen LogP contribution < -0.4 is 0 Å². The van der Waals surface area contributed by atoms with Crippen molar-refractivity contribution in [3.8, 4) is 0 Å². The Kier molecular flexibility index (Phi) is 4.56. The second kappa shape index (κ2) is 6.18. The van der Waals surface area contributed by atoms with E-state index in [0.717, 1.165) is 11.6 Å². The lowest BCUT2D eigenvalue weighted by molar-refractivity contribution is 0.0979. The molecule has 98 valence electrons. The minimum Gasteiger partial charge on any atom is -0.294 e. The molecule has 0 spiro atoms. The van der Waals surface area contributed by atoms with E-state index in [0.29, 0.717) is 11.4 Å². The predicted octanol–water partition coefficient (Wildman–Crippen LogP) is 4.95. The number of carbonyl (C=O) groups excluding carboxylic acids is 1. The number of rotatable bonds is 4. The van der Waals surface area contributed by atoms with Crippen molar-refractivity contribution in [3.63, 3.8) is 0 Å². The average Bonchev–Trinajstić information content (AvgIpc) is 2.37. The van der Waals surface area contributed by atoms with Gasteiger partial charge in [0.05, 0.1) is 5.56 Å². The van der Waals surface area contributed by atoms with Gasteiger partial charge in [0, 0.05) is 16.5 Å². The molecule has 19 heavy (non-hydrogen) atoms. The van der Waals surface area contributed by atoms with Crippen molar-refractivity contribution < 1.29 is 9.18 Å². The van der Waals surface area contributed by atoms with E-state index in [2.05, 4.69) is 0 Å². The van der Waals surface area contributed by atoms with Crippen LogP contribution in [0.3, 0.4) is 0 Å². The molecule has 0 aliphatic rings. The maximum absolute atomic E-state index is 13.6. The quantitative estimate of drug-likeness (QED) is 0.730. The minimum atomic E-state index is -0.575. The van der Waals surface area contributed by atoms with Gasteiger partial charge in [-0.25, -0.2) is 4.39 Å². The Morgan fingerprint density at radius 1 is 1.00 bits per heavy atom. The zero-order valence-electron chi connectivity index (χ0n) is 10.00. The molecule has 0 amide bonds. The summed E-state index contributed by atoms with van der Waals surface area (Å²) in [6.07, 6.45) is 0.804. The van der Waals surface area contributed by atoms with Crippen LogP contribution in [-0.2, 0) is 6.42 Å². The molecular formula is C15H11Cl2FO. The van der Waals surface area contributed by atoms with Gasteiger partial charge in [0.1, 0.15) is 5.82 Å². The first-order valence-corrected chi connectivity index (χ1v) is 6.54. The van der Waals surface area contributed by atoms with Gasteiger partial charge >= 0.3 is 0 Å². The van der Waals surface area contributed by atoms with E-state index in [1.165, 1.54) is 12.1 Å². The molecule has 0 saturated heterocycles. The third-order valence-corrected chi connectivity index (χ3v) is 3.27. The van der Waals surface area contributed by atoms with Crippen molar-refractivity contribution >= 4 is 29.0 Å². The van der Waals surface area contributed by atoms with Crippen LogP contribution in [0, 0.1) is 5.82 Å². The van der Waals surface area contributed by atoms with Crippen molar-refractivity contribution in [2.24, 2.45) is 0 Å². The minimum absolute atomic E-state index is 0.0818. The fraction of sp³-hybridized carbons (Fsp3) is 0.133. The first-order chi connectivity index (χ1) is 9.06. The van der Waals surface area contributed by atoms with E-state index >= 15 is 0 Å². The van der Waals surface area contributed by atoms with Crippen LogP contribution in [0.5, 0.6) is 0 Å². The van der Waals surface area contributed by atoms with Crippen LogP contribution in [0.1, 0.15) is 22.3 Å². The fourth-order valence-corrected chi connectivity index (χ4v) is 2.04. The summed E-state index contributed by atoms with van der Waals surface area (Å²) < 4.78 is 13.6. The van der Waals surface area contributed by atoms with Crippen molar-refractivity contribution in [1.82, 2.24) is 0 Å². The van der Waals surface area contributed by atoms with E-state index in [4.69, 9.17) is 23.2 Å². The summed E-state index contributed by atoms with van der Waals surface area (Å²) in [4.78, 5) is 11.9. The first-order valence-electron chi connectivity index (χ1n) is 5.79. The molecule has 0 aromatic heterocycles. The van der Waals surface area contributed by atoms with Gasteiger partial charge < -0.3 is 0 Å². The number of hydrogen-bond acceptors (Lipinski definition) is 1. The number of aryl methyl sites for hydroxylation is 1. The third-order valence-electron chi connectivity index (χ3n) is 2.79. The molecule has 0 saturated carbocycles. The normalized spacial score (nSPS) is 10.5. The standard InChI is InChI=1S/C15H11Cl2FO/c16-11-4-1-10(2-5-11)3-8-15(19)13-7-6-12(17)9-14(13)18/h1-2,4-7,9H,3,8H2. The van der Waals surface area contributed by atoms with Crippen LogP contribution >= 0.6 is 23.2 Å². The molecule has 0 N–H and O–H groups in total. The first kappa shape index (κ1) is 14.0. The van der Waals surface area contributed by atoms with E-state index in [1.807, 2.05) is 12.1 Å². The largest absolute Gasteiger partial charge is 0.294 e. The Labute approximate surface area is 121 Å². The van der Waals surface area contributed by atoms with Crippen LogP contribution in [0.2, 0.25) is 10.0 Å². The molecule has 2 rings (SSSR count). The topological polar surface area (TPSA) is 17.1 Å². The molecule has 0 heterocycles. The predicted molar refractivity (Wildman–Crippen MR) is 75.5 cm³/mol. The van der Waals surface area contributed by atoms with Gasteiger partial charge in [-0.3, -0.25) is 4.79 Å². The van der Waals surface area contributed by atoms with Gasteiger partial charge in [-0.05, 0) is 42.3 Å². The Bertz CT molecular complexity index is 594. The monoisotopic (exact) mass is 296 g/mol. The highest BCUT2D eigenvalue weighted by molar-refractivity contribution is 6.30. The molecule has 2 aromatic carbocycles. The number of ketones is 1. The number of halogens is 3. The lowest BCUT2D eigenvalue weighted by Gasteiger charge is -2.04. The van der Waals surface area contributed by atoms with Gasteiger partial charge in [0.25, 0.3) is 0 Å². The van der Waals surface area contributed by atoms with E-state index < -0.39 is 5.82 Å². The maximum atomic E-state index is 13.6. The summed E-state index contributed by atoms with van der Waals surface area (Å²) in [5.41, 5.74) is 1.07. The summed E-state index contributed by atoms with van der Waals surface area (Å²) in [5.74, 6) is -0.808. The molecule has 0 atom stereocenters. The molecule has 2 aromatic rings. The molecule has 0 unspecified atom stereocenters. The summed E-state index contributed by atoms with van der Waals surface area (Å²) in [7, 11) is 0. The Balaban J connectivity index is 2.03. The maximum Gasteiger partial charge on any atom is 0.166 e. The van der Waals surface area contributed by atoms with Crippen molar-refractivity contribution in [3.05, 3.63) is 69.5 Å². The summed E-state index contributed by atoms with van der Waals surface area (Å²) >= 11 is 11.4. The van der Waals surface area contributed by atoms with Crippen LogP contribution in [0.15, 0.2) is 42.5 Å². The van der Waals surface area contributed by atoms with Crippen LogP contribution in [-0.4, -0.2) is 5.78 Å². The van der Waals surface area contributed by atoms with Crippen LogP contribution in [0.25, 0.3) is 0 Å².